The minimum Gasteiger partial charge on any atom is -0.486 e. The van der Waals surface area contributed by atoms with Gasteiger partial charge in [-0.1, -0.05) is 64.6 Å². The van der Waals surface area contributed by atoms with Gasteiger partial charge in [0, 0.05) is 16.7 Å². The van der Waals surface area contributed by atoms with E-state index in [-0.39, 0.29) is 0 Å². The van der Waals surface area contributed by atoms with Crippen molar-refractivity contribution < 1.29 is 4.74 Å². The zero-order chi connectivity index (χ0) is 19.4. The summed E-state index contributed by atoms with van der Waals surface area (Å²) in [4.78, 5) is 0. The number of aryl methyl sites for hydroxylation is 1. The van der Waals surface area contributed by atoms with Crippen LogP contribution in [-0.4, -0.2) is 0 Å². The first-order valence-electron chi connectivity index (χ1n) is 8.27. The number of hydrogen-bond acceptors (Lipinski definition) is 2. The summed E-state index contributed by atoms with van der Waals surface area (Å²) in [5, 5.41) is 4.92. The highest BCUT2D eigenvalue weighted by molar-refractivity contribution is 9.10. The average molecular weight is 486 g/mol. The largest absolute Gasteiger partial charge is 0.486 e. The number of hydrogen-bond donors (Lipinski definition) is 1. The maximum atomic E-state index is 6.39. The van der Waals surface area contributed by atoms with Gasteiger partial charge in [-0.15, -0.1) is 0 Å². The molecule has 0 spiro atoms. The standard InChI is InChI=1S/C21H17BrCl3NO/c1-13-2-4-14(5-3-13)12-27-21-19(24)8-15(9-20(21)25)11-26-16-6-7-17(22)18(23)10-16/h2-10,26H,11-12H2,1H3. The maximum absolute atomic E-state index is 6.39. The van der Waals surface area contributed by atoms with E-state index in [1.807, 2.05) is 61.5 Å². The van der Waals surface area contributed by atoms with Crippen LogP contribution in [0.1, 0.15) is 16.7 Å². The van der Waals surface area contributed by atoms with Gasteiger partial charge in [-0.25, -0.2) is 0 Å². The van der Waals surface area contributed by atoms with Crippen molar-refractivity contribution in [3.63, 3.8) is 0 Å². The predicted molar refractivity (Wildman–Crippen MR) is 118 cm³/mol. The molecule has 3 aromatic carbocycles. The van der Waals surface area contributed by atoms with E-state index >= 15 is 0 Å². The van der Waals surface area contributed by atoms with Crippen molar-refractivity contribution in [3.05, 3.63) is 90.8 Å². The second kappa shape index (κ2) is 9.20. The molecule has 0 aliphatic rings. The van der Waals surface area contributed by atoms with Crippen molar-refractivity contribution in [2.75, 3.05) is 5.32 Å². The van der Waals surface area contributed by atoms with Crippen LogP contribution in [0, 0.1) is 6.92 Å². The first kappa shape index (κ1) is 20.3. The SMILES string of the molecule is Cc1ccc(COc2c(Cl)cc(CNc3ccc(Br)c(Cl)c3)cc2Cl)cc1. The minimum absolute atomic E-state index is 0.411. The Morgan fingerprint density at radius 3 is 2.15 bits per heavy atom. The van der Waals surface area contributed by atoms with Gasteiger partial charge in [0.2, 0.25) is 0 Å². The molecule has 140 valence electrons. The first-order chi connectivity index (χ1) is 12.9. The third-order valence-corrected chi connectivity index (χ3v) is 5.77. The summed E-state index contributed by atoms with van der Waals surface area (Å²) in [6.07, 6.45) is 0. The Balaban J connectivity index is 1.66. The van der Waals surface area contributed by atoms with Gasteiger partial charge in [0.25, 0.3) is 0 Å². The highest BCUT2D eigenvalue weighted by Gasteiger charge is 2.10. The van der Waals surface area contributed by atoms with Gasteiger partial charge in [0.15, 0.2) is 5.75 Å². The van der Waals surface area contributed by atoms with Crippen LogP contribution in [-0.2, 0) is 13.2 Å². The van der Waals surface area contributed by atoms with Gasteiger partial charge in [0.1, 0.15) is 6.61 Å². The Hall–Kier alpha value is -1.39. The molecule has 0 saturated carbocycles. The van der Waals surface area contributed by atoms with Gasteiger partial charge in [-0.2, -0.15) is 0 Å². The summed E-state index contributed by atoms with van der Waals surface area (Å²) in [7, 11) is 0. The monoisotopic (exact) mass is 483 g/mol. The van der Waals surface area contributed by atoms with Crippen LogP contribution in [0.4, 0.5) is 5.69 Å². The summed E-state index contributed by atoms with van der Waals surface area (Å²) < 4.78 is 6.69. The molecule has 0 saturated heterocycles. The lowest BCUT2D eigenvalue weighted by atomic mass is 10.1. The fourth-order valence-corrected chi connectivity index (χ4v) is 3.57. The van der Waals surface area contributed by atoms with Gasteiger partial charge >= 0.3 is 0 Å². The number of anilines is 1. The number of rotatable bonds is 6. The topological polar surface area (TPSA) is 21.3 Å². The Labute approximate surface area is 182 Å². The molecule has 0 unspecified atom stereocenters. The molecule has 3 rings (SSSR count). The third-order valence-electron chi connectivity index (χ3n) is 3.98. The van der Waals surface area contributed by atoms with Crippen LogP contribution in [0.25, 0.3) is 0 Å². The quantitative estimate of drug-likeness (QED) is 0.383. The molecule has 0 aromatic heterocycles. The molecule has 0 aliphatic heterocycles. The smallest absolute Gasteiger partial charge is 0.156 e. The number of ether oxygens (including phenoxy) is 1. The highest BCUT2D eigenvalue weighted by atomic mass is 79.9. The Kier molecular flexibility index (Phi) is 6.93. The summed E-state index contributed by atoms with van der Waals surface area (Å²) in [5.41, 5.74) is 4.13. The van der Waals surface area contributed by atoms with E-state index < -0.39 is 0 Å². The highest BCUT2D eigenvalue weighted by Crippen LogP contribution is 2.35. The van der Waals surface area contributed by atoms with Crippen molar-refractivity contribution in [2.45, 2.75) is 20.1 Å². The average Bonchev–Trinajstić information content (AvgIpc) is 2.63. The van der Waals surface area contributed by atoms with Crippen molar-refractivity contribution >= 4 is 56.4 Å². The third kappa shape index (κ3) is 5.55. The van der Waals surface area contributed by atoms with Crippen LogP contribution in [0.15, 0.2) is 59.1 Å². The molecule has 2 nitrogen and oxygen atoms in total. The lowest BCUT2D eigenvalue weighted by Crippen LogP contribution is -2.01. The number of halogens is 4. The van der Waals surface area contributed by atoms with Crippen LogP contribution < -0.4 is 10.1 Å². The molecule has 6 heteroatoms. The molecule has 0 radical (unpaired) electrons. The molecule has 0 amide bonds. The number of nitrogens with one attached hydrogen (secondary N) is 1. The van der Waals surface area contributed by atoms with E-state index in [1.54, 1.807) is 0 Å². The Bertz CT molecular complexity index is 922. The molecule has 0 heterocycles. The van der Waals surface area contributed by atoms with Crippen LogP contribution in [0.3, 0.4) is 0 Å². The summed E-state index contributed by atoms with van der Waals surface area (Å²) in [5.74, 6) is 0.495. The predicted octanol–water partition coefficient (Wildman–Crippen LogP) is 7.91. The molecule has 27 heavy (non-hydrogen) atoms. The van der Waals surface area contributed by atoms with Crippen molar-refractivity contribution in [1.82, 2.24) is 0 Å². The van der Waals surface area contributed by atoms with Gasteiger partial charge in [0.05, 0.1) is 15.1 Å². The fraction of sp³-hybridized carbons (Fsp3) is 0.143. The zero-order valence-electron chi connectivity index (χ0n) is 14.5. The molecule has 0 fully saturated rings. The van der Waals surface area contributed by atoms with E-state index in [2.05, 4.69) is 21.2 Å². The van der Waals surface area contributed by atoms with E-state index in [0.29, 0.717) is 34.0 Å². The summed E-state index contributed by atoms with van der Waals surface area (Å²) in [6, 6.07) is 17.5. The van der Waals surface area contributed by atoms with E-state index in [4.69, 9.17) is 39.5 Å². The van der Waals surface area contributed by atoms with Gasteiger partial charge in [-0.3, -0.25) is 0 Å². The van der Waals surface area contributed by atoms with Crippen LogP contribution >= 0.6 is 50.7 Å². The molecule has 0 bridgehead atoms. The normalized spacial score (nSPS) is 10.7. The van der Waals surface area contributed by atoms with Gasteiger partial charge < -0.3 is 10.1 Å². The Morgan fingerprint density at radius 1 is 0.852 bits per heavy atom. The van der Waals surface area contributed by atoms with Gasteiger partial charge in [-0.05, 0) is 64.3 Å². The van der Waals surface area contributed by atoms with Crippen molar-refractivity contribution in [1.29, 1.82) is 0 Å². The molecule has 0 aliphatic carbocycles. The maximum Gasteiger partial charge on any atom is 0.156 e. The van der Waals surface area contributed by atoms with Crippen molar-refractivity contribution in [2.24, 2.45) is 0 Å². The minimum atomic E-state index is 0.411. The van der Waals surface area contributed by atoms with Crippen LogP contribution in [0.5, 0.6) is 5.75 Å². The lowest BCUT2D eigenvalue weighted by Gasteiger charge is -2.13. The lowest BCUT2D eigenvalue weighted by molar-refractivity contribution is 0.306. The molecule has 3 aromatic rings. The fourth-order valence-electron chi connectivity index (χ4n) is 2.50. The first-order valence-corrected chi connectivity index (χ1v) is 10.2. The number of benzene rings is 3. The zero-order valence-corrected chi connectivity index (χ0v) is 18.4. The Morgan fingerprint density at radius 2 is 1.52 bits per heavy atom. The van der Waals surface area contributed by atoms with E-state index in [9.17, 15) is 0 Å². The molecular weight excluding hydrogens is 469 g/mol. The van der Waals surface area contributed by atoms with E-state index in [0.717, 1.165) is 21.3 Å². The summed E-state index contributed by atoms with van der Waals surface area (Å²) in [6.45, 7) is 3.03. The summed E-state index contributed by atoms with van der Waals surface area (Å²) >= 11 is 22.3. The molecular formula is C21H17BrCl3NO. The second-order valence-electron chi connectivity index (χ2n) is 6.15. The van der Waals surface area contributed by atoms with E-state index in [1.165, 1.54) is 5.56 Å². The molecule has 1 N–H and O–H groups in total. The van der Waals surface area contributed by atoms with Crippen LogP contribution in [0.2, 0.25) is 15.1 Å². The molecule has 0 atom stereocenters. The second-order valence-corrected chi connectivity index (χ2v) is 8.22. The van der Waals surface area contributed by atoms with Crippen molar-refractivity contribution in [3.8, 4) is 5.75 Å².